The molecule has 82 valence electrons. The molecule has 1 unspecified atom stereocenters. The highest BCUT2D eigenvalue weighted by molar-refractivity contribution is 5.47. The number of hydrogen-bond donors (Lipinski definition) is 0. The molecule has 0 radical (unpaired) electrons. The minimum atomic E-state index is 0.399. The predicted molar refractivity (Wildman–Crippen MR) is 59.1 cm³/mol. The molecule has 0 aromatic heterocycles. The molecule has 14 heavy (non-hydrogen) atoms. The second-order valence-electron chi connectivity index (χ2n) is 5.18. The van der Waals surface area contributed by atoms with Gasteiger partial charge in [0.15, 0.2) is 0 Å². The minimum absolute atomic E-state index is 0.399. The van der Waals surface area contributed by atoms with Gasteiger partial charge in [0.25, 0.3) is 0 Å². The lowest BCUT2D eigenvalue weighted by Gasteiger charge is -2.40. The molecule has 1 aliphatic rings. The van der Waals surface area contributed by atoms with Gasteiger partial charge in [-0.05, 0) is 30.6 Å². The zero-order valence-electron chi connectivity index (χ0n) is 9.75. The number of rotatable bonds is 4. The fourth-order valence-electron chi connectivity index (χ4n) is 2.59. The molecule has 0 spiro atoms. The van der Waals surface area contributed by atoms with E-state index in [0.717, 1.165) is 19.5 Å². The molecule has 1 heterocycles. The lowest BCUT2D eigenvalue weighted by atomic mass is 9.72. The monoisotopic (exact) mass is 197 g/mol. The van der Waals surface area contributed by atoms with E-state index in [4.69, 9.17) is 0 Å². The Morgan fingerprint density at radius 2 is 2.21 bits per heavy atom. The van der Waals surface area contributed by atoms with Gasteiger partial charge in [-0.2, -0.15) is 0 Å². The first-order valence-electron chi connectivity index (χ1n) is 5.79. The van der Waals surface area contributed by atoms with Crippen LogP contribution in [0.25, 0.3) is 0 Å². The van der Waals surface area contributed by atoms with Gasteiger partial charge in [-0.15, -0.1) is 0 Å². The molecule has 0 bridgehead atoms. The van der Waals surface area contributed by atoms with E-state index < -0.39 is 0 Å². The molecule has 0 aromatic rings. The van der Waals surface area contributed by atoms with Crippen LogP contribution in [0.3, 0.4) is 0 Å². The molecule has 1 rings (SSSR count). The molecule has 1 saturated heterocycles. The van der Waals surface area contributed by atoms with Gasteiger partial charge in [0.05, 0.1) is 0 Å². The van der Waals surface area contributed by atoms with Gasteiger partial charge >= 0.3 is 0 Å². The summed E-state index contributed by atoms with van der Waals surface area (Å²) < 4.78 is 0. The molecule has 1 amide bonds. The van der Waals surface area contributed by atoms with Crippen molar-refractivity contribution in [3.63, 3.8) is 0 Å². The van der Waals surface area contributed by atoms with Crippen molar-refractivity contribution in [2.45, 2.75) is 46.5 Å². The fourth-order valence-corrected chi connectivity index (χ4v) is 2.59. The maximum atomic E-state index is 10.7. The van der Waals surface area contributed by atoms with E-state index in [1.165, 1.54) is 25.7 Å². The van der Waals surface area contributed by atoms with Crippen LogP contribution in [0.1, 0.15) is 46.5 Å². The van der Waals surface area contributed by atoms with Crippen LogP contribution in [0, 0.1) is 11.3 Å². The van der Waals surface area contributed by atoms with Crippen molar-refractivity contribution in [3.05, 3.63) is 0 Å². The number of amides is 1. The zero-order valence-corrected chi connectivity index (χ0v) is 9.75. The van der Waals surface area contributed by atoms with Crippen molar-refractivity contribution in [3.8, 4) is 0 Å². The summed E-state index contributed by atoms with van der Waals surface area (Å²) in [5, 5.41) is 0. The van der Waals surface area contributed by atoms with E-state index in [0.29, 0.717) is 11.3 Å². The number of hydrogen-bond acceptors (Lipinski definition) is 1. The van der Waals surface area contributed by atoms with E-state index in [1.807, 2.05) is 4.90 Å². The third-order valence-corrected chi connectivity index (χ3v) is 3.60. The Morgan fingerprint density at radius 3 is 2.79 bits per heavy atom. The zero-order chi connectivity index (χ0) is 10.6. The Hall–Kier alpha value is -0.530. The smallest absolute Gasteiger partial charge is 0.209 e. The highest BCUT2D eigenvalue weighted by atomic mass is 16.1. The van der Waals surface area contributed by atoms with Crippen molar-refractivity contribution >= 4 is 6.41 Å². The average Bonchev–Trinajstić information content (AvgIpc) is 2.18. The van der Waals surface area contributed by atoms with Crippen molar-refractivity contribution in [1.29, 1.82) is 0 Å². The lowest BCUT2D eigenvalue weighted by molar-refractivity contribution is -0.120. The van der Waals surface area contributed by atoms with Gasteiger partial charge in [-0.1, -0.05) is 27.2 Å². The second kappa shape index (κ2) is 4.81. The molecule has 0 aromatic carbocycles. The highest BCUT2D eigenvalue weighted by Crippen LogP contribution is 2.37. The number of carbonyl (C=O) groups excluding carboxylic acids is 1. The first kappa shape index (κ1) is 11.5. The minimum Gasteiger partial charge on any atom is -0.345 e. The summed E-state index contributed by atoms with van der Waals surface area (Å²) in [4.78, 5) is 12.7. The first-order valence-corrected chi connectivity index (χ1v) is 5.79. The van der Waals surface area contributed by atoms with Crippen LogP contribution in [0.15, 0.2) is 0 Å². The topological polar surface area (TPSA) is 20.3 Å². The summed E-state index contributed by atoms with van der Waals surface area (Å²) in [5.41, 5.74) is 0.399. The first-order chi connectivity index (χ1) is 6.60. The maximum absolute atomic E-state index is 10.7. The Balaban J connectivity index is 2.53. The standard InChI is InChI=1S/C12H23NO/c1-4-7-12(2,3)11-6-5-8-13(9-11)10-14/h10-11H,4-9H2,1-3H3. The van der Waals surface area contributed by atoms with Gasteiger partial charge in [0, 0.05) is 13.1 Å². The summed E-state index contributed by atoms with van der Waals surface area (Å²) in [6.07, 6.45) is 5.98. The normalized spacial score (nSPS) is 23.6. The molecule has 0 aliphatic carbocycles. The third-order valence-electron chi connectivity index (χ3n) is 3.60. The Bertz CT molecular complexity index is 189. The number of likely N-dealkylation sites (tertiary alicyclic amines) is 1. The molecule has 1 fully saturated rings. The molecule has 2 heteroatoms. The SMILES string of the molecule is CCCC(C)(C)C1CCCN(C=O)C1. The molecule has 2 nitrogen and oxygen atoms in total. The number of piperidine rings is 1. The summed E-state index contributed by atoms with van der Waals surface area (Å²) in [6.45, 7) is 8.85. The molecule has 0 N–H and O–H groups in total. The second-order valence-corrected chi connectivity index (χ2v) is 5.18. The summed E-state index contributed by atoms with van der Waals surface area (Å²) in [6, 6.07) is 0. The van der Waals surface area contributed by atoms with Crippen molar-refractivity contribution < 1.29 is 4.79 Å². The van der Waals surface area contributed by atoms with Crippen molar-refractivity contribution in [2.24, 2.45) is 11.3 Å². The van der Waals surface area contributed by atoms with Gasteiger partial charge in [-0.3, -0.25) is 4.79 Å². The number of nitrogens with zero attached hydrogens (tertiary/aromatic N) is 1. The lowest BCUT2D eigenvalue weighted by Crippen LogP contribution is -2.40. The summed E-state index contributed by atoms with van der Waals surface area (Å²) in [5.74, 6) is 0.696. The van der Waals surface area contributed by atoms with Gasteiger partial charge in [-0.25, -0.2) is 0 Å². The molecular weight excluding hydrogens is 174 g/mol. The van der Waals surface area contributed by atoms with Crippen LogP contribution >= 0.6 is 0 Å². The van der Waals surface area contributed by atoms with Gasteiger partial charge in [0.1, 0.15) is 0 Å². The van der Waals surface area contributed by atoms with Crippen LogP contribution in [-0.2, 0) is 4.79 Å². The van der Waals surface area contributed by atoms with E-state index in [-0.39, 0.29) is 0 Å². The van der Waals surface area contributed by atoms with E-state index in [1.54, 1.807) is 0 Å². The van der Waals surface area contributed by atoms with Crippen LogP contribution in [0.4, 0.5) is 0 Å². The summed E-state index contributed by atoms with van der Waals surface area (Å²) in [7, 11) is 0. The Morgan fingerprint density at radius 1 is 1.50 bits per heavy atom. The fraction of sp³-hybridized carbons (Fsp3) is 0.917. The predicted octanol–water partition coefficient (Wildman–Crippen LogP) is 2.68. The largest absolute Gasteiger partial charge is 0.345 e. The van der Waals surface area contributed by atoms with Gasteiger partial charge < -0.3 is 4.90 Å². The van der Waals surface area contributed by atoms with Crippen LogP contribution < -0.4 is 0 Å². The average molecular weight is 197 g/mol. The number of carbonyl (C=O) groups is 1. The van der Waals surface area contributed by atoms with Crippen molar-refractivity contribution in [2.75, 3.05) is 13.1 Å². The van der Waals surface area contributed by atoms with Crippen LogP contribution in [0.5, 0.6) is 0 Å². The van der Waals surface area contributed by atoms with E-state index in [2.05, 4.69) is 20.8 Å². The van der Waals surface area contributed by atoms with Crippen molar-refractivity contribution in [1.82, 2.24) is 4.90 Å². The molecule has 1 aliphatic heterocycles. The molecule has 1 atom stereocenters. The molecule has 0 saturated carbocycles. The highest BCUT2D eigenvalue weighted by Gasteiger charge is 2.31. The Kier molecular flexibility index (Phi) is 3.97. The quantitative estimate of drug-likeness (QED) is 0.634. The van der Waals surface area contributed by atoms with E-state index >= 15 is 0 Å². The summed E-state index contributed by atoms with van der Waals surface area (Å²) >= 11 is 0. The maximum Gasteiger partial charge on any atom is 0.209 e. The Labute approximate surface area is 87.7 Å². The van der Waals surface area contributed by atoms with E-state index in [9.17, 15) is 4.79 Å². The molecular formula is C12H23NO. The van der Waals surface area contributed by atoms with Crippen LogP contribution in [0.2, 0.25) is 0 Å². The van der Waals surface area contributed by atoms with Gasteiger partial charge in [0.2, 0.25) is 6.41 Å². The van der Waals surface area contributed by atoms with Crippen LogP contribution in [-0.4, -0.2) is 24.4 Å². The third kappa shape index (κ3) is 2.73.